The number of thiocarbonyl (C=S) groups is 1. The maximum atomic E-state index is 12.5. The van der Waals surface area contributed by atoms with Crippen LogP contribution in [0.4, 0.5) is 5.69 Å². The first-order valence-electron chi connectivity index (χ1n) is 9.68. The maximum absolute atomic E-state index is 12.5. The third-order valence-corrected chi connectivity index (χ3v) is 4.20. The van der Waals surface area contributed by atoms with Crippen LogP contribution in [0.15, 0.2) is 78.9 Å². The average molecular weight is 421 g/mol. The number of amides is 1. The molecule has 30 heavy (non-hydrogen) atoms. The van der Waals surface area contributed by atoms with Gasteiger partial charge in [0.25, 0.3) is 5.91 Å². The molecule has 154 valence electrons. The van der Waals surface area contributed by atoms with Crippen molar-refractivity contribution in [2.45, 2.75) is 13.8 Å². The summed E-state index contributed by atoms with van der Waals surface area (Å²) in [5.74, 6) is 2.24. The molecule has 0 saturated carbocycles. The van der Waals surface area contributed by atoms with E-state index < -0.39 is 0 Å². The van der Waals surface area contributed by atoms with Crippen molar-refractivity contribution in [3.8, 4) is 17.2 Å². The van der Waals surface area contributed by atoms with Crippen LogP contribution in [0, 0.1) is 5.92 Å². The standard InChI is InChI=1S/C24H24N2O3S/c1-17(2)16-28-22-10-6-7-18(15-22)23(27)26-24(30)25-19-11-13-21(14-12-19)29-20-8-4-3-5-9-20/h3-15,17H,16H2,1-2H3,(H2,25,26,27,30). The van der Waals surface area contributed by atoms with Crippen molar-refractivity contribution in [2.24, 2.45) is 5.92 Å². The van der Waals surface area contributed by atoms with Crippen LogP contribution in [0.1, 0.15) is 24.2 Å². The summed E-state index contributed by atoms with van der Waals surface area (Å²) < 4.78 is 11.4. The minimum atomic E-state index is -0.300. The Balaban J connectivity index is 1.53. The lowest BCUT2D eigenvalue weighted by Crippen LogP contribution is -2.34. The highest BCUT2D eigenvalue weighted by Gasteiger charge is 2.10. The largest absolute Gasteiger partial charge is 0.493 e. The highest BCUT2D eigenvalue weighted by Crippen LogP contribution is 2.22. The Bertz CT molecular complexity index is 989. The van der Waals surface area contributed by atoms with Gasteiger partial charge in [0.15, 0.2) is 5.11 Å². The molecule has 2 N–H and O–H groups in total. The molecule has 1 amide bonds. The molecule has 0 bridgehead atoms. The lowest BCUT2D eigenvalue weighted by atomic mass is 10.2. The van der Waals surface area contributed by atoms with Crippen LogP contribution in [0.2, 0.25) is 0 Å². The van der Waals surface area contributed by atoms with Gasteiger partial charge in [-0.1, -0.05) is 38.1 Å². The zero-order valence-corrected chi connectivity index (χ0v) is 17.7. The van der Waals surface area contributed by atoms with Crippen molar-refractivity contribution in [3.05, 3.63) is 84.4 Å². The zero-order valence-electron chi connectivity index (χ0n) is 16.9. The summed E-state index contributed by atoms with van der Waals surface area (Å²) in [6, 6.07) is 23.9. The number of carbonyl (C=O) groups excluding carboxylic acids is 1. The number of ether oxygens (including phenoxy) is 2. The number of carbonyl (C=O) groups is 1. The number of anilines is 1. The second-order valence-electron chi connectivity index (χ2n) is 7.08. The van der Waals surface area contributed by atoms with E-state index in [0.29, 0.717) is 29.6 Å². The van der Waals surface area contributed by atoms with E-state index in [-0.39, 0.29) is 11.0 Å². The molecule has 0 aliphatic rings. The molecule has 3 aromatic carbocycles. The van der Waals surface area contributed by atoms with Crippen molar-refractivity contribution in [2.75, 3.05) is 11.9 Å². The first kappa shape index (κ1) is 21.3. The van der Waals surface area contributed by atoms with Crippen LogP contribution in [0.25, 0.3) is 0 Å². The van der Waals surface area contributed by atoms with Crippen molar-refractivity contribution in [1.29, 1.82) is 0 Å². The van der Waals surface area contributed by atoms with E-state index in [1.165, 1.54) is 0 Å². The van der Waals surface area contributed by atoms with Gasteiger partial charge >= 0.3 is 0 Å². The summed E-state index contributed by atoms with van der Waals surface area (Å²) in [7, 11) is 0. The number of nitrogens with one attached hydrogen (secondary N) is 2. The third-order valence-electron chi connectivity index (χ3n) is 4.00. The first-order chi connectivity index (χ1) is 14.5. The normalized spacial score (nSPS) is 10.4. The fraction of sp³-hybridized carbons (Fsp3) is 0.167. The Morgan fingerprint density at radius 3 is 2.27 bits per heavy atom. The van der Waals surface area contributed by atoms with E-state index >= 15 is 0 Å². The molecule has 0 aliphatic carbocycles. The molecule has 0 radical (unpaired) electrons. The number of para-hydroxylation sites is 1. The molecule has 0 saturated heterocycles. The molecule has 0 aliphatic heterocycles. The lowest BCUT2D eigenvalue weighted by molar-refractivity contribution is 0.0977. The van der Waals surface area contributed by atoms with Gasteiger partial charge in [0.2, 0.25) is 0 Å². The zero-order chi connectivity index (χ0) is 21.3. The molecule has 0 aromatic heterocycles. The molecule has 0 atom stereocenters. The Hall–Kier alpha value is -3.38. The lowest BCUT2D eigenvalue weighted by Gasteiger charge is -2.12. The van der Waals surface area contributed by atoms with E-state index in [1.807, 2.05) is 60.7 Å². The highest BCUT2D eigenvalue weighted by molar-refractivity contribution is 7.80. The fourth-order valence-corrected chi connectivity index (χ4v) is 2.77. The molecule has 0 fully saturated rings. The van der Waals surface area contributed by atoms with Crippen LogP contribution in [-0.2, 0) is 0 Å². The molecule has 0 unspecified atom stereocenters. The van der Waals surface area contributed by atoms with Gasteiger partial charge in [-0.15, -0.1) is 0 Å². The van der Waals surface area contributed by atoms with Crippen LogP contribution < -0.4 is 20.1 Å². The molecule has 3 aromatic rings. The van der Waals surface area contributed by atoms with Gasteiger partial charge in [-0.2, -0.15) is 0 Å². The molecular formula is C24H24N2O3S. The predicted molar refractivity (Wildman–Crippen MR) is 123 cm³/mol. The van der Waals surface area contributed by atoms with Crippen molar-refractivity contribution in [1.82, 2.24) is 5.32 Å². The van der Waals surface area contributed by atoms with Crippen molar-refractivity contribution < 1.29 is 14.3 Å². The van der Waals surface area contributed by atoms with Crippen molar-refractivity contribution in [3.63, 3.8) is 0 Å². The monoisotopic (exact) mass is 420 g/mol. The van der Waals surface area contributed by atoms with Gasteiger partial charge in [0.1, 0.15) is 17.2 Å². The van der Waals surface area contributed by atoms with Crippen LogP contribution in [-0.4, -0.2) is 17.6 Å². The summed E-state index contributed by atoms with van der Waals surface area (Å²) in [5, 5.41) is 5.90. The molecule has 5 nitrogen and oxygen atoms in total. The van der Waals surface area contributed by atoms with Gasteiger partial charge in [-0.05, 0) is 72.7 Å². The number of hydrogen-bond acceptors (Lipinski definition) is 4. The summed E-state index contributed by atoms with van der Waals surface area (Å²) >= 11 is 5.26. The minimum Gasteiger partial charge on any atom is -0.493 e. The van der Waals surface area contributed by atoms with E-state index in [1.54, 1.807) is 18.2 Å². The van der Waals surface area contributed by atoms with Gasteiger partial charge in [-0.25, -0.2) is 0 Å². The summed E-state index contributed by atoms with van der Waals surface area (Å²) in [6.45, 7) is 4.73. The van der Waals surface area contributed by atoms with E-state index in [9.17, 15) is 4.79 Å². The predicted octanol–water partition coefficient (Wildman–Crippen LogP) is 5.64. The summed E-state index contributed by atoms with van der Waals surface area (Å²) in [5.41, 5.74) is 1.22. The second-order valence-corrected chi connectivity index (χ2v) is 7.49. The number of rotatable bonds is 7. The minimum absolute atomic E-state index is 0.213. The quantitative estimate of drug-likeness (QED) is 0.484. The number of benzene rings is 3. The van der Waals surface area contributed by atoms with E-state index in [2.05, 4.69) is 24.5 Å². The van der Waals surface area contributed by atoms with Gasteiger partial charge in [-0.3, -0.25) is 10.1 Å². The van der Waals surface area contributed by atoms with Gasteiger partial charge < -0.3 is 14.8 Å². The smallest absolute Gasteiger partial charge is 0.257 e. The topological polar surface area (TPSA) is 59.6 Å². The molecule has 3 rings (SSSR count). The Morgan fingerprint density at radius 2 is 1.57 bits per heavy atom. The SMILES string of the molecule is CC(C)COc1cccc(C(=O)NC(=S)Nc2ccc(Oc3ccccc3)cc2)c1. The van der Waals surface area contributed by atoms with E-state index in [4.69, 9.17) is 21.7 Å². The summed E-state index contributed by atoms with van der Waals surface area (Å²) in [6.07, 6.45) is 0. The van der Waals surface area contributed by atoms with Gasteiger partial charge in [0, 0.05) is 11.3 Å². The highest BCUT2D eigenvalue weighted by atomic mass is 32.1. The number of hydrogen-bond donors (Lipinski definition) is 2. The fourth-order valence-electron chi connectivity index (χ4n) is 2.56. The maximum Gasteiger partial charge on any atom is 0.257 e. The second kappa shape index (κ2) is 10.4. The van der Waals surface area contributed by atoms with Crippen molar-refractivity contribution >= 4 is 28.9 Å². The molecule has 0 heterocycles. The third kappa shape index (κ3) is 6.60. The Kier molecular flexibility index (Phi) is 7.40. The first-order valence-corrected chi connectivity index (χ1v) is 10.1. The van der Waals surface area contributed by atoms with Crippen LogP contribution >= 0.6 is 12.2 Å². The van der Waals surface area contributed by atoms with Gasteiger partial charge in [0.05, 0.1) is 6.61 Å². The van der Waals surface area contributed by atoms with Crippen LogP contribution in [0.5, 0.6) is 17.2 Å². The Labute approximate surface area is 182 Å². The Morgan fingerprint density at radius 1 is 0.900 bits per heavy atom. The summed E-state index contributed by atoms with van der Waals surface area (Å²) in [4.78, 5) is 12.5. The molecule has 6 heteroatoms. The van der Waals surface area contributed by atoms with Crippen LogP contribution in [0.3, 0.4) is 0 Å². The van der Waals surface area contributed by atoms with E-state index in [0.717, 1.165) is 11.4 Å². The average Bonchev–Trinajstić information content (AvgIpc) is 2.74. The molecule has 0 spiro atoms. The molecular weight excluding hydrogens is 396 g/mol.